The minimum absolute atomic E-state index is 0.0308. The van der Waals surface area contributed by atoms with E-state index in [0.29, 0.717) is 18.3 Å². The molecular weight excluding hydrogens is 286 g/mol. The van der Waals surface area contributed by atoms with Gasteiger partial charge >= 0.3 is 0 Å². The molecule has 21 heavy (non-hydrogen) atoms. The summed E-state index contributed by atoms with van der Waals surface area (Å²) in [6.07, 6.45) is 7.15. The molecular formula is C15H25N3O2S. The average molecular weight is 311 g/mol. The number of aromatic nitrogens is 1. The van der Waals surface area contributed by atoms with E-state index in [0.717, 1.165) is 19.3 Å². The SMILES string of the molecule is CCCNc1ncccc1S(=O)(=O)NC(C)C1CCCC1. The van der Waals surface area contributed by atoms with E-state index >= 15 is 0 Å². The second kappa shape index (κ2) is 7.22. The van der Waals surface area contributed by atoms with Crippen molar-refractivity contribution in [2.45, 2.75) is 56.9 Å². The molecule has 6 heteroatoms. The molecule has 0 saturated heterocycles. The molecule has 5 nitrogen and oxygen atoms in total. The van der Waals surface area contributed by atoms with Crippen LogP contribution in [-0.2, 0) is 10.0 Å². The monoisotopic (exact) mass is 311 g/mol. The molecule has 1 heterocycles. The van der Waals surface area contributed by atoms with E-state index in [9.17, 15) is 8.42 Å². The van der Waals surface area contributed by atoms with Crippen LogP contribution in [0.25, 0.3) is 0 Å². The van der Waals surface area contributed by atoms with Crippen LogP contribution in [0.15, 0.2) is 23.2 Å². The number of anilines is 1. The zero-order chi connectivity index (χ0) is 15.3. The molecule has 0 radical (unpaired) electrons. The van der Waals surface area contributed by atoms with Gasteiger partial charge in [0.2, 0.25) is 10.0 Å². The summed E-state index contributed by atoms with van der Waals surface area (Å²) < 4.78 is 28.0. The molecule has 1 aromatic rings. The third-order valence-electron chi connectivity index (χ3n) is 4.05. The molecule has 1 fully saturated rings. The summed E-state index contributed by atoms with van der Waals surface area (Å²) in [6.45, 7) is 4.70. The van der Waals surface area contributed by atoms with Gasteiger partial charge in [0.1, 0.15) is 10.7 Å². The predicted octanol–water partition coefficient (Wildman–Crippen LogP) is 2.76. The van der Waals surface area contributed by atoms with Crippen molar-refractivity contribution in [2.75, 3.05) is 11.9 Å². The van der Waals surface area contributed by atoms with Crippen LogP contribution < -0.4 is 10.0 Å². The topological polar surface area (TPSA) is 71.1 Å². The van der Waals surface area contributed by atoms with E-state index in [-0.39, 0.29) is 10.9 Å². The fourth-order valence-electron chi connectivity index (χ4n) is 2.85. The average Bonchev–Trinajstić information content (AvgIpc) is 2.99. The summed E-state index contributed by atoms with van der Waals surface area (Å²) in [5.41, 5.74) is 0. The quantitative estimate of drug-likeness (QED) is 0.812. The first-order chi connectivity index (χ1) is 10.0. The number of hydrogen-bond donors (Lipinski definition) is 2. The molecule has 0 aliphatic heterocycles. The lowest BCUT2D eigenvalue weighted by molar-refractivity contribution is 0.424. The lowest BCUT2D eigenvalue weighted by atomic mass is 10.0. The highest BCUT2D eigenvalue weighted by Gasteiger charge is 2.27. The van der Waals surface area contributed by atoms with Crippen LogP contribution in [-0.4, -0.2) is 26.0 Å². The molecule has 1 aliphatic rings. The van der Waals surface area contributed by atoms with E-state index in [2.05, 4.69) is 15.0 Å². The maximum absolute atomic E-state index is 12.6. The first-order valence-corrected chi connectivity index (χ1v) is 9.24. The zero-order valence-corrected chi connectivity index (χ0v) is 13.6. The summed E-state index contributed by atoms with van der Waals surface area (Å²) in [5, 5.41) is 3.08. The minimum Gasteiger partial charge on any atom is -0.369 e. The second-order valence-corrected chi connectivity index (χ2v) is 7.41. The summed E-state index contributed by atoms with van der Waals surface area (Å²) >= 11 is 0. The van der Waals surface area contributed by atoms with E-state index in [1.165, 1.54) is 12.8 Å². The Morgan fingerprint density at radius 3 is 2.76 bits per heavy atom. The molecule has 1 aliphatic carbocycles. The Morgan fingerprint density at radius 1 is 1.38 bits per heavy atom. The third-order valence-corrected chi connectivity index (χ3v) is 5.64. The number of sulfonamides is 1. The van der Waals surface area contributed by atoms with Crippen molar-refractivity contribution in [3.8, 4) is 0 Å². The van der Waals surface area contributed by atoms with Crippen molar-refractivity contribution in [3.05, 3.63) is 18.3 Å². The van der Waals surface area contributed by atoms with Crippen LogP contribution in [0.2, 0.25) is 0 Å². The first-order valence-electron chi connectivity index (χ1n) is 7.76. The second-order valence-electron chi connectivity index (χ2n) is 5.73. The summed E-state index contributed by atoms with van der Waals surface area (Å²) in [4.78, 5) is 4.40. The van der Waals surface area contributed by atoms with Crippen molar-refractivity contribution >= 4 is 15.8 Å². The molecule has 0 aromatic carbocycles. The van der Waals surface area contributed by atoms with Gasteiger partial charge < -0.3 is 5.32 Å². The smallest absolute Gasteiger partial charge is 0.244 e. The van der Waals surface area contributed by atoms with Crippen LogP contribution >= 0.6 is 0 Å². The molecule has 118 valence electrons. The Bertz CT molecular complexity index is 554. The van der Waals surface area contributed by atoms with E-state index in [1.807, 2.05) is 13.8 Å². The highest BCUT2D eigenvalue weighted by atomic mass is 32.2. The Morgan fingerprint density at radius 2 is 2.10 bits per heavy atom. The molecule has 2 rings (SSSR count). The van der Waals surface area contributed by atoms with Crippen molar-refractivity contribution < 1.29 is 8.42 Å². The highest BCUT2D eigenvalue weighted by Crippen LogP contribution is 2.28. The number of nitrogens with zero attached hydrogens (tertiary/aromatic N) is 1. The van der Waals surface area contributed by atoms with Gasteiger partial charge in [0.15, 0.2) is 0 Å². The van der Waals surface area contributed by atoms with Gasteiger partial charge in [-0.3, -0.25) is 0 Å². The van der Waals surface area contributed by atoms with Gasteiger partial charge in [0.05, 0.1) is 0 Å². The predicted molar refractivity (Wildman–Crippen MR) is 84.8 cm³/mol. The summed E-state index contributed by atoms with van der Waals surface area (Å²) in [7, 11) is -3.53. The largest absolute Gasteiger partial charge is 0.369 e. The number of nitrogens with one attached hydrogen (secondary N) is 2. The van der Waals surface area contributed by atoms with Gasteiger partial charge in [0.25, 0.3) is 0 Å². The molecule has 1 atom stereocenters. The number of hydrogen-bond acceptors (Lipinski definition) is 4. The summed E-state index contributed by atoms with van der Waals surface area (Å²) in [5.74, 6) is 0.883. The van der Waals surface area contributed by atoms with Crippen LogP contribution in [0.5, 0.6) is 0 Å². The fourth-order valence-corrected chi connectivity index (χ4v) is 4.29. The Balaban J connectivity index is 2.14. The van der Waals surface area contributed by atoms with Gasteiger partial charge in [-0.1, -0.05) is 19.8 Å². The molecule has 0 spiro atoms. The standard InChI is InChI=1S/C15H25N3O2S/c1-3-10-16-15-14(9-6-11-17-15)21(19,20)18-12(2)13-7-4-5-8-13/h6,9,11-13,18H,3-5,7-8,10H2,1-2H3,(H,16,17). The lowest BCUT2D eigenvalue weighted by Crippen LogP contribution is -2.37. The van der Waals surface area contributed by atoms with Gasteiger partial charge in [-0.2, -0.15) is 0 Å². The van der Waals surface area contributed by atoms with Crippen molar-refractivity contribution in [2.24, 2.45) is 5.92 Å². The van der Waals surface area contributed by atoms with Crippen LogP contribution in [0, 0.1) is 5.92 Å². The van der Waals surface area contributed by atoms with E-state index < -0.39 is 10.0 Å². The molecule has 1 saturated carbocycles. The molecule has 2 N–H and O–H groups in total. The van der Waals surface area contributed by atoms with E-state index in [4.69, 9.17) is 0 Å². The Kier molecular flexibility index (Phi) is 5.58. The maximum Gasteiger partial charge on any atom is 0.244 e. The third kappa shape index (κ3) is 4.17. The first kappa shape index (κ1) is 16.2. The number of rotatable bonds is 7. The minimum atomic E-state index is -3.53. The molecule has 1 unspecified atom stereocenters. The van der Waals surface area contributed by atoms with Crippen LogP contribution in [0.4, 0.5) is 5.82 Å². The molecule has 0 amide bonds. The maximum atomic E-state index is 12.6. The van der Waals surface area contributed by atoms with Crippen LogP contribution in [0.3, 0.4) is 0 Å². The van der Waals surface area contributed by atoms with Gasteiger partial charge in [0, 0.05) is 18.8 Å². The van der Waals surface area contributed by atoms with Gasteiger partial charge in [-0.15, -0.1) is 0 Å². The lowest BCUT2D eigenvalue weighted by Gasteiger charge is -2.21. The zero-order valence-electron chi connectivity index (χ0n) is 12.8. The Hall–Kier alpha value is -1.14. The number of pyridine rings is 1. The molecule has 1 aromatic heterocycles. The molecule has 0 bridgehead atoms. The van der Waals surface area contributed by atoms with Crippen molar-refractivity contribution in [3.63, 3.8) is 0 Å². The normalized spacial score (nSPS) is 17.8. The Labute approximate surface area is 127 Å². The van der Waals surface area contributed by atoms with E-state index in [1.54, 1.807) is 18.3 Å². The summed E-state index contributed by atoms with van der Waals surface area (Å²) in [6, 6.07) is 3.23. The van der Waals surface area contributed by atoms with Crippen LogP contribution in [0.1, 0.15) is 46.0 Å². The highest BCUT2D eigenvalue weighted by molar-refractivity contribution is 7.89. The van der Waals surface area contributed by atoms with Crippen molar-refractivity contribution in [1.82, 2.24) is 9.71 Å². The van der Waals surface area contributed by atoms with Crippen molar-refractivity contribution in [1.29, 1.82) is 0 Å². The van der Waals surface area contributed by atoms with Gasteiger partial charge in [-0.25, -0.2) is 18.1 Å². The fraction of sp³-hybridized carbons (Fsp3) is 0.667. The van der Waals surface area contributed by atoms with Gasteiger partial charge in [-0.05, 0) is 44.2 Å².